The number of piperidine rings is 1. The Bertz CT molecular complexity index is 1200. The van der Waals surface area contributed by atoms with Gasteiger partial charge >= 0.3 is 0 Å². The molecule has 2 aromatic carbocycles. The lowest BCUT2D eigenvalue weighted by Crippen LogP contribution is -2.34. The van der Waals surface area contributed by atoms with Crippen LogP contribution in [-0.4, -0.2) is 50.5 Å². The molecule has 7 nitrogen and oxygen atoms in total. The summed E-state index contributed by atoms with van der Waals surface area (Å²) in [6, 6.07) is 16.9. The van der Waals surface area contributed by atoms with Gasteiger partial charge in [0.05, 0.1) is 17.2 Å². The number of ether oxygens (including phenoxy) is 1. The second-order valence-electron chi connectivity index (χ2n) is 9.45. The van der Waals surface area contributed by atoms with Crippen LogP contribution in [0.2, 0.25) is 0 Å². The Morgan fingerprint density at radius 1 is 1.00 bits per heavy atom. The molecule has 0 radical (unpaired) electrons. The molecule has 2 heterocycles. The average Bonchev–Trinajstić information content (AvgIpc) is 2.85. The van der Waals surface area contributed by atoms with Crippen molar-refractivity contribution in [3.8, 4) is 5.75 Å². The number of hydrogen-bond acceptors (Lipinski definition) is 5. The summed E-state index contributed by atoms with van der Waals surface area (Å²) in [7, 11) is 3.82. The minimum atomic E-state index is -0.741. The van der Waals surface area contributed by atoms with Crippen LogP contribution in [-0.2, 0) is 11.9 Å². The number of nitrogens with one attached hydrogen (secondary N) is 1. The number of amides is 2. The van der Waals surface area contributed by atoms with Crippen LogP contribution in [0.4, 0.5) is 5.69 Å². The van der Waals surface area contributed by atoms with Gasteiger partial charge in [-0.1, -0.05) is 30.7 Å². The van der Waals surface area contributed by atoms with E-state index in [9.17, 15) is 9.59 Å². The van der Waals surface area contributed by atoms with Crippen LogP contribution < -0.4 is 15.8 Å². The largest absolute Gasteiger partial charge is 0.499 e. The topological polar surface area (TPSA) is 97.5 Å². The van der Waals surface area contributed by atoms with Gasteiger partial charge in [-0.3, -0.25) is 19.5 Å². The standard InChI is InChI=1S/C26H30B2N4O3/c27-26(28,35-23-13-20(24(29)33)15-30-16-23)21-5-4-6-22(14-21)31-25(34)19-9-7-18(8-10-19)17-32-11-2-1-3-12-32/h4-10,13-16H,1-3,11-12,17,27-28H2,(H2,29,33)(H,31,34). The highest BCUT2D eigenvalue weighted by atomic mass is 16.5. The second-order valence-corrected chi connectivity index (χ2v) is 9.45. The number of benzene rings is 2. The van der Waals surface area contributed by atoms with Gasteiger partial charge in [0.2, 0.25) is 5.91 Å². The van der Waals surface area contributed by atoms with E-state index in [4.69, 9.17) is 10.5 Å². The summed E-state index contributed by atoms with van der Waals surface area (Å²) in [5.41, 5.74) is 8.99. The molecule has 3 aromatic rings. The molecular weight excluding hydrogens is 438 g/mol. The van der Waals surface area contributed by atoms with E-state index in [-0.39, 0.29) is 11.5 Å². The fourth-order valence-corrected chi connectivity index (χ4v) is 4.27. The zero-order chi connectivity index (χ0) is 24.8. The molecule has 0 unspecified atom stereocenters. The van der Waals surface area contributed by atoms with Gasteiger partial charge in [-0.25, -0.2) is 0 Å². The van der Waals surface area contributed by atoms with Gasteiger partial charge in [0.1, 0.15) is 5.75 Å². The lowest BCUT2D eigenvalue weighted by Gasteiger charge is -2.28. The van der Waals surface area contributed by atoms with Gasteiger partial charge in [-0.15, -0.1) is 0 Å². The summed E-state index contributed by atoms with van der Waals surface area (Å²) in [5, 5.41) is 2.24. The second kappa shape index (κ2) is 10.8. The van der Waals surface area contributed by atoms with E-state index in [1.807, 2.05) is 64.2 Å². The van der Waals surface area contributed by atoms with Crippen LogP contribution in [0.5, 0.6) is 5.75 Å². The molecule has 1 aliphatic heterocycles. The Kier molecular flexibility index (Phi) is 7.56. The Morgan fingerprint density at radius 3 is 2.46 bits per heavy atom. The first-order valence-corrected chi connectivity index (χ1v) is 12.0. The van der Waals surface area contributed by atoms with Crippen molar-refractivity contribution in [2.24, 2.45) is 5.73 Å². The van der Waals surface area contributed by atoms with Gasteiger partial charge < -0.3 is 15.8 Å². The van der Waals surface area contributed by atoms with Gasteiger partial charge in [-0.05, 0) is 67.4 Å². The zero-order valence-electron chi connectivity index (χ0n) is 20.3. The van der Waals surface area contributed by atoms with Crippen LogP contribution in [0.1, 0.15) is 51.1 Å². The first-order chi connectivity index (χ1) is 16.8. The first kappa shape index (κ1) is 24.5. The number of aromatic nitrogens is 1. The predicted molar refractivity (Wildman–Crippen MR) is 142 cm³/mol. The van der Waals surface area contributed by atoms with Crippen molar-refractivity contribution >= 4 is 33.2 Å². The number of pyridine rings is 1. The average molecular weight is 468 g/mol. The minimum Gasteiger partial charge on any atom is -0.499 e. The highest BCUT2D eigenvalue weighted by molar-refractivity contribution is 6.39. The third-order valence-electron chi connectivity index (χ3n) is 6.26. The molecule has 4 rings (SSSR count). The van der Waals surface area contributed by atoms with Crippen LogP contribution in [0, 0.1) is 0 Å². The summed E-state index contributed by atoms with van der Waals surface area (Å²) in [6.45, 7) is 3.22. The number of likely N-dealkylation sites (tertiary alicyclic amines) is 1. The van der Waals surface area contributed by atoms with Crippen molar-refractivity contribution in [1.29, 1.82) is 0 Å². The van der Waals surface area contributed by atoms with Crippen LogP contribution in [0.25, 0.3) is 0 Å². The summed E-state index contributed by atoms with van der Waals surface area (Å²) >= 11 is 0. The van der Waals surface area contributed by atoms with Crippen molar-refractivity contribution in [3.05, 3.63) is 89.2 Å². The third-order valence-corrected chi connectivity index (χ3v) is 6.26. The van der Waals surface area contributed by atoms with Crippen molar-refractivity contribution in [3.63, 3.8) is 0 Å². The van der Waals surface area contributed by atoms with E-state index in [1.165, 1.54) is 37.2 Å². The first-order valence-electron chi connectivity index (χ1n) is 12.0. The molecule has 178 valence electrons. The molecule has 0 aliphatic carbocycles. The maximum absolute atomic E-state index is 12.9. The molecule has 3 N–H and O–H groups in total. The summed E-state index contributed by atoms with van der Waals surface area (Å²) in [6.07, 6.45) is 6.78. The molecule has 0 saturated carbocycles. The van der Waals surface area contributed by atoms with Gasteiger partial charge in [0.25, 0.3) is 5.91 Å². The number of nitrogens with zero attached hydrogens (tertiary/aromatic N) is 2. The Morgan fingerprint density at radius 2 is 1.74 bits per heavy atom. The summed E-state index contributed by atoms with van der Waals surface area (Å²) < 4.78 is 6.11. The number of hydrogen-bond donors (Lipinski definition) is 2. The molecule has 0 spiro atoms. The highest BCUT2D eigenvalue weighted by Crippen LogP contribution is 2.25. The molecule has 1 saturated heterocycles. The van der Waals surface area contributed by atoms with Crippen LogP contribution in [0.15, 0.2) is 67.0 Å². The number of primary amides is 1. The lowest BCUT2D eigenvalue weighted by molar-refractivity contribution is 0.0996. The Balaban J connectivity index is 1.41. The third kappa shape index (κ3) is 6.51. The number of carbonyl (C=O) groups is 2. The van der Waals surface area contributed by atoms with Crippen molar-refractivity contribution in [1.82, 2.24) is 9.88 Å². The smallest absolute Gasteiger partial charge is 0.255 e. The predicted octanol–water partition coefficient (Wildman–Crippen LogP) is 1.87. The molecule has 0 bridgehead atoms. The highest BCUT2D eigenvalue weighted by Gasteiger charge is 2.24. The Labute approximate surface area is 207 Å². The van der Waals surface area contributed by atoms with Crippen LogP contribution in [0.3, 0.4) is 0 Å². The molecule has 0 atom stereocenters. The molecule has 1 aromatic heterocycles. The zero-order valence-corrected chi connectivity index (χ0v) is 20.3. The van der Waals surface area contributed by atoms with E-state index in [0.717, 1.165) is 25.2 Å². The number of rotatable bonds is 8. The molecule has 2 amide bonds. The fourth-order valence-electron chi connectivity index (χ4n) is 4.27. The maximum Gasteiger partial charge on any atom is 0.255 e. The maximum atomic E-state index is 12.9. The molecular formula is C26H30B2N4O3. The lowest BCUT2D eigenvalue weighted by atomic mass is 9.61. The normalized spacial score (nSPS) is 14.3. The molecule has 35 heavy (non-hydrogen) atoms. The monoisotopic (exact) mass is 468 g/mol. The van der Waals surface area contributed by atoms with Crippen molar-refractivity contribution < 1.29 is 14.3 Å². The van der Waals surface area contributed by atoms with E-state index < -0.39 is 11.3 Å². The SMILES string of the molecule is BC(B)(Oc1cncc(C(N)=O)c1)c1cccc(NC(=O)c2ccc(CN3CCCCC3)cc2)c1. The van der Waals surface area contributed by atoms with Crippen molar-refractivity contribution in [2.45, 2.75) is 31.2 Å². The fraction of sp³-hybridized carbons (Fsp3) is 0.269. The number of nitrogens with two attached hydrogens (primary N) is 1. The van der Waals surface area contributed by atoms with E-state index in [0.29, 0.717) is 17.0 Å². The Hall–Kier alpha value is -3.58. The molecule has 9 heteroatoms. The quantitative estimate of drug-likeness (QED) is 0.493. The van der Waals surface area contributed by atoms with Crippen LogP contribution >= 0.6 is 0 Å². The van der Waals surface area contributed by atoms with E-state index >= 15 is 0 Å². The van der Waals surface area contributed by atoms with Gasteiger partial charge in [0, 0.05) is 24.0 Å². The molecule has 1 fully saturated rings. The van der Waals surface area contributed by atoms with Crippen molar-refractivity contribution in [2.75, 3.05) is 18.4 Å². The number of carbonyl (C=O) groups excluding carboxylic acids is 2. The van der Waals surface area contributed by atoms with E-state index in [2.05, 4.69) is 15.2 Å². The van der Waals surface area contributed by atoms with Gasteiger partial charge in [0.15, 0.2) is 15.7 Å². The summed E-state index contributed by atoms with van der Waals surface area (Å²) in [5.74, 6) is -0.292. The number of anilines is 1. The van der Waals surface area contributed by atoms with Gasteiger partial charge in [-0.2, -0.15) is 0 Å². The van der Waals surface area contributed by atoms with E-state index in [1.54, 1.807) is 6.07 Å². The minimum absolute atomic E-state index is 0.163. The molecule has 1 aliphatic rings. The summed E-state index contributed by atoms with van der Waals surface area (Å²) in [4.78, 5) is 30.8.